The number of rotatable bonds is 8. The highest BCUT2D eigenvalue weighted by atomic mass is 32.2. The number of oxime groups is 1. The Hall–Kier alpha value is -3.00. The number of carbonyl (C=O) groups excluding carboxylic acids is 1. The van der Waals surface area contributed by atoms with Gasteiger partial charge in [-0.2, -0.15) is 8.42 Å². The molecule has 0 saturated carbocycles. The van der Waals surface area contributed by atoms with Gasteiger partial charge in [-0.15, -0.1) is 0 Å². The highest BCUT2D eigenvalue weighted by Gasteiger charge is 2.34. The summed E-state index contributed by atoms with van der Waals surface area (Å²) in [7, 11) is -4.40. The zero-order valence-corrected chi connectivity index (χ0v) is 26.8. The highest BCUT2D eigenvalue weighted by molar-refractivity contribution is 7.86. The fourth-order valence-electron chi connectivity index (χ4n) is 4.33. The first kappa shape index (κ1) is 31.5. The smallest absolute Gasteiger partial charge is 0.359 e. The van der Waals surface area contributed by atoms with Crippen LogP contribution < -0.4 is 0 Å². The molecule has 0 aliphatic rings. The molecule has 0 amide bonds. The van der Waals surface area contributed by atoms with Crippen LogP contribution in [-0.4, -0.2) is 24.9 Å². The molecule has 0 unspecified atom stereocenters. The van der Waals surface area contributed by atoms with Crippen molar-refractivity contribution in [3.05, 3.63) is 58.5 Å². The molecule has 0 atom stereocenters. The van der Waals surface area contributed by atoms with Crippen LogP contribution in [0.25, 0.3) is 11.1 Å². The summed E-state index contributed by atoms with van der Waals surface area (Å²) in [5.41, 5.74) is 3.13. The number of aromatic nitrogens is 1. The number of benzene rings is 2. The summed E-state index contributed by atoms with van der Waals surface area (Å²) in [6, 6.07) is 9.51. The SMILES string of the molecule is CC(C)c1cc(C(C)C)c(S(=O)(=O)O/N=C(\C(=O)C(C)(C)C)c2nc3ccc(C(C)(C)C)cc3o2)c(C(C)C)c1. The summed E-state index contributed by atoms with van der Waals surface area (Å²) in [6.07, 6.45) is 0. The molecule has 0 aliphatic heterocycles. The van der Waals surface area contributed by atoms with Gasteiger partial charge in [0.05, 0.1) is 0 Å². The third-order valence-corrected chi connectivity index (χ3v) is 8.15. The highest BCUT2D eigenvalue weighted by Crippen LogP contribution is 2.36. The average molecular weight is 569 g/mol. The molecule has 3 rings (SSSR count). The Bertz CT molecular complexity index is 1520. The van der Waals surface area contributed by atoms with Crippen LogP contribution in [0.2, 0.25) is 0 Å². The maximum absolute atomic E-state index is 13.8. The molecule has 0 saturated heterocycles. The van der Waals surface area contributed by atoms with Crippen LogP contribution in [0.3, 0.4) is 0 Å². The van der Waals surface area contributed by atoms with Crippen LogP contribution in [0.4, 0.5) is 0 Å². The second-order valence-electron chi connectivity index (χ2n) is 13.5. The number of nitrogens with zero attached hydrogens (tertiary/aromatic N) is 2. The van der Waals surface area contributed by atoms with E-state index in [2.05, 4.69) is 44.8 Å². The largest absolute Gasteiger partial charge is 0.434 e. The lowest BCUT2D eigenvalue weighted by atomic mass is 9.87. The molecule has 1 aromatic heterocycles. The average Bonchev–Trinajstić information content (AvgIpc) is 3.24. The minimum absolute atomic E-state index is 0.0838. The van der Waals surface area contributed by atoms with Crippen molar-refractivity contribution in [2.75, 3.05) is 0 Å². The Labute approximate surface area is 239 Å². The Morgan fingerprint density at radius 1 is 0.875 bits per heavy atom. The van der Waals surface area contributed by atoms with E-state index in [0.29, 0.717) is 22.2 Å². The number of fused-ring (bicyclic) bond motifs is 1. The van der Waals surface area contributed by atoms with Gasteiger partial charge < -0.3 is 4.42 Å². The minimum Gasteiger partial charge on any atom is -0.434 e. The first-order chi connectivity index (χ1) is 18.2. The summed E-state index contributed by atoms with van der Waals surface area (Å²) in [5, 5.41) is 3.96. The van der Waals surface area contributed by atoms with Crippen LogP contribution in [0.15, 0.2) is 44.8 Å². The molecule has 2 aromatic carbocycles. The number of carbonyl (C=O) groups is 1. The standard InChI is InChI=1S/C32H44N2O5S/c1-18(2)21-15-23(19(3)4)28(24(16-21)20(5)6)40(36,37)39-34-27(29(35)32(10,11)12)30-33-25-14-13-22(31(7,8)9)17-26(25)38-30/h13-20H,1-12H3/b34-27+. The molecule has 3 aromatic rings. The van der Waals surface area contributed by atoms with Gasteiger partial charge in [-0.1, -0.05) is 106 Å². The topological polar surface area (TPSA) is 98.8 Å². The Morgan fingerprint density at radius 3 is 1.88 bits per heavy atom. The van der Waals surface area contributed by atoms with E-state index in [9.17, 15) is 13.2 Å². The van der Waals surface area contributed by atoms with Crippen molar-refractivity contribution in [1.29, 1.82) is 0 Å². The minimum atomic E-state index is -4.40. The normalized spacial score (nSPS) is 13.6. The van der Waals surface area contributed by atoms with E-state index in [1.165, 1.54) is 0 Å². The zero-order chi connectivity index (χ0) is 30.4. The van der Waals surface area contributed by atoms with Gasteiger partial charge in [0, 0.05) is 5.41 Å². The predicted molar refractivity (Wildman–Crippen MR) is 161 cm³/mol. The van der Waals surface area contributed by atoms with Gasteiger partial charge in [0.15, 0.2) is 11.4 Å². The van der Waals surface area contributed by atoms with Crippen LogP contribution in [-0.2, 0) is 24.6 Å². The summed E-state index contributed by atoms with van der Waals surface area (Å²) >= 11 is 0. The molecule has 0 bridgehead atoms. The van der Waals surface area contributed by atoms with Crippen molar-refractivity contribution in [2.45, 2.75) is 111 Å². The molecule has 218 valence electrons. The number of oxazole rings is 1. The number of Topliss-reactive ketones (excluding diaryl/α,β-unsaturated/α-hetero) is 1. The number of hydrogen-bond donors (Lipinski definition) is 0. The first-order valence-corrected chi connectivity index (χ1v) is 15.3. The molecular weight excluding hydrogens is 524 g/mol. The van der Waals surface area contributed by atoms with Crippen molar-refractivity contribution in [1.82, 2.24) is 4.98 Å². The lowest BCUT2D eigenvalue weighted by Crippen LogP contribution is -2.30. The van der Waals surface area contributed by atoms with Crippen LogP contribution in [0, 0.1) is 5.41 Å². The third kappa shape index (κ3) is 6.65. The first-order valence-electron chi connectivity index (χ1n) is 13.9. The van der Waals surface area contributed by atoms with Crippen molar-refractivity contribution in [2.24, 2.45) is 10.6 Å². The Balaban J connectivity index is 2.20. The third-order valence-electron chi connectivity index (χ3n) is 6.91. The Morgan fingerprint density at radius 2 is 1.43 bits per heavy atom. The van der Waals surface area contributed by atoms with E-state index in [4.69, 9.17) is 8.70 Å². The van der Waals surface area contributed by atoms with Crippen molar-refractivity contribution >= 4 is 32.7 Å². The lowest BCUT2D eigenvalue weighted by molar-refractivity contribution is -0.119. The molecule has 0 aliphatic carbocycles. The summed E-state index contributed by atoms with van der Waals surface area (Å²) in [6.45, 7) is 23.4. The second kappa shape index (κ2) is 11.1. The van der Waals surface area contributed by atoms with Gasteiger partial charge in [-0.25, -0.2) is 4.98 Å². The second-order valence-corrected chi connectivity index (χ2v) is 15.0. The summed E-state index contributed by atoms with van der Waals surface area (Å²) in [4.78, 5) is 18.1. The summed E-state index contributed by atoms with van der Waals surface area (Å²) in [5.74, 6) is -0.482. The van der Waals surface area contributed by atoms with E-state index in [-0.39, 0.29) is 39.7 Å². The molecule has 1 heterocycles. The molecular formula is C32H44N2O5S. The monoisotopic (exact) mass is 568 g/mol. The maximum Gasteiger partial charge on any atom is 0.359 e. The van der Waals surface area contributed by atoms with Gasteiger partial charge in [0.2, 0.25) is 5.71 Å². The molecule has 0 fully saturated rings. The molecule has 0 spiro atoms. The Kier molecular flexibility index (Phi) is 8.76. The quantitative estimate of drug-likeness (QED) is 0.200. The van der Waals surface area contributed by atoms with Gasteiger partial charge in [-0.3, -0.25) is 9.08 Å². The zero-order valence-electron chi connectivity index (χ0n) is 26.0. The molecule has 0 radical (unpaired) electrons. The molecule has 40 heavy (non-hydrogen) atoms. The van der Waals surface area contributed by atoms with E-state index in [1.54, 1.807) is 20.8 Å². The van der Waals surface area contributed by atoms with Crippen LogP contribution in [0.1, 0.15) is 129 Å². The van der Waals surface area contributed by atoms with Crippen molar-refractivity contribution in [3.8, 4) is 0 Å². The molecule has 0 N–H and O–H groups in total. The fraction of sp³-hybridized carbons (Fsp3) is 0.531. The van der Waals surface area contributed by atoms with E-state index in [0.717, 1.165) is 11.1 Å². The molecule has 8 heteroatoms. The van der Waals surface area contributed by atoms with Gasteiger partial charge in [0.25, 0.3) is 5.89 Å². The molecule has 7 nitrogen and oxygen atoms in total. The number of hydrogen-bond acceptors (Lipinski definition) is 7. The lowest BCUT2D eigenvalue weighted by Gasteiger charge is -2.21. The van der Waals surface area contributed by atoms with Gasteiger partial charge >= 0.3 is 10.1 Å². The van der Waals surface area contributed by atoms with Crippen molar-refractivity contribution < 1.29 is 21.9 Å². The predicted octanol–water partition coefficient (Wildman–Crippen LogP) is 8.22. The van der Waals surface area contributed by atoms with Crippen LogP contribution in [0.5, 0.6) is 0 Å². The van der Waals surface area contributed by atoms with E-state index in [1.807, 2.05) is 58.0 Å². The summed E-state index contributed by atoms with van der Waals surface area (Å²) < 4.78 is 38.9. The van der Waals surface area contributed by atoms with E-state index >= 15 is 0 Å². The maximum atomic E-state index is 13.8. The van der Waals surface area contributed by atoms with Crippen LogP contribution >= 0.6 is 0 Å². The van der Waals surface area contributed by atoms with Gasteiger partial charge in [0.1, 0.15) is 10.4 Å². The van der Waals surface area contributed by atoms with Gasteiger partial charge in [-0.05, 0) is 57.6 Å². The fourth-order valence-corrected chi connectivity index (χ4v) is 5.74. The number of ketones is 1. The van der Waals surface area contributed by atoms with E-state index < -0.39 is 21.3 Å². The van der Waals surface area contributed by atoms with Crippen molar-refractivity contribution in [3.63, 3.8) is 0 Å².